The van der Waals surface area contributed by atoms with E-state index in [-0.39, 0.29) is 0 Å². The van der Waals surface area contributed by atoms with E-state index in [0.29, 0.717) is 11.8 Å². The zero-order valence-corrected chi connectivity index (χ0v) is 7.75. The molecule has 12 heavy (non-hydrogen) atoms. The second-order valence-electron chi connectivity index (χ2n) is 4.33. The Kier molecular flexibility index (Phi) is 2.07. The third-order valence-corrected chi connectivity index (χ3v) is 3.08. The van der Waals surface area contributed by atoms with Crippen LogP contribution < -0.4 is 0 Å². The summed E-state index contributed by atoms with van der Waals surface area (Å²) in [5.74, 6) is 1.57. The van der Waals surface area contributed by atoms with Gasteiger partial charge in [-0.05, 0) is 18.8 Å². The molecule has 1 saturated heterocycles. The van der Waals surface area contributed by atoms with Crippen LogP contribution in [0.4, 0.5) is 0 Å². The molecule has 2 heteroatoms. The van der Waals surface area contributed by atoms with Crippen molar-refractivity contribution in [1.82, 2.24) is 4.90 Å². The molecule has 0 aromatic heterocycles. The molecule has 1 heterocycles. The number of amides is 1. The molecule has 0 unspecified atom stereocenters. The van der Waals surface area contributed by atoms with Gasteiger partial charge in [-0.15, -0.1) is 0 Å². The Morgan fingerprint density at radius 3 is 2.33 bits per heavy atom. The fraction of sp³-hybridized carbons (Fsp3) is 0.900. The molecule has 2 nitrogen and oxygen atoms in total. The minimum absolute atomic E-state index is 0.387. The predicted octanol–water partition coefficient (Wildman–Crippen LogP) is 1.65. The zero-order valence-electron chi connectivity index (χ0n) is 7.75. The van der Waals surface area contributed by atoms with Crippen molar-refractivity contribution in [3.05, 3.63) is 0 Å². The highest BCUT2D eigenvalue weighted by Crippen LogP contribution is 2.28. The lowest BCUT2D eigenvalue weighted by Gasteiger charge is -2.38. The van der Waals surface area contributed by atoms with E-state index >= 15 is 0 Å². The summed E-state index contributed by atoms with van der Waals surface area (Å²) < 4.78 is 0. The van der Waals surface area contributed by atoms with Gasteiger partial charge >= 0.3 is 0 Å². The monoisotopic (exact) mass is 167 g/mol. The van der Waals surface area contributed by atoms with Crippen LogP contribution in [-0.4, -0.2) is 23.9 Å². The molecule has 0 bridgehead atoms. The summed E-state index contributed by atoms with van der Waals surface area (Å²) in [7, 11) is 0. The van der Waals surface area contributed by atoms with Crippen molar-refractivity contribution in [2.45, 2.75) is 32.6 Å². The third-order valence-electron chi connectivity index (χ3n) is 3.08. The Morgan fingerprint density at radius 2 is 1.83 bits per heavy atom. The van der Waals surface area contributed by atoms with Gasteiger partial charge in [-0.2, -0.15) is 0 Å². The van der Waals surface area contributed by atoms with E-state index in [1.807, 2.05) is 4.90 Å². The molecular weight excluding hydrogens is 150 g/mol. The molecule has 0 aromatic carbocycles. The van der Waals surface area contributed by atoms with Gasteiger partial charge in [-0.1, -0.05) is 19.8 Å². The second kappa shape index (κ2) is 3.08. The molecule has 2 aliphatic rings. The minimum Gasteiger partial charge on any atom is -0.342 e. The summed E-state index contributed by atoms with van der Waals surface area (Å²) in [4.78, 5) is 13.7. The van der Waals surface area contributed by atoms with Crippen molar-refractivity contribution in [3.8, 4) is 0 Å². The number of nitrogens with zero attached hydrogens (tertiary/aromatic N) is 1. The van der Waals surface area contributed by atoms with Crippen LogP contribution in [0.15, 0.2) is 0 Å². The molecule has 0 radical (unpaired) electrons. The van der Waals surface area contributed by atoms with Crippen LogP contribution in [0, 0.1) is 11.8 Å². The van der Waals surface area contributed by atoms with Crippen LogP contribution in [0.25, 0.3) is 0 Å². The lowest BCUT2D eigenvalue weighted by molar-refractivity contribution is -0.141. The summed E-state index contributed by atoms with van der Waals surface area (Å²) in [6.07, 6.45) is 4.81. The highest BCUT2D eigenvalue weighted by molar-refractivity contribution is 5.79. The van der Waals surface area contributed by atoms with Crippen LogP contribution in [0.1, 0.15) is 32.6 Å². The lowest BCUT2D eigenvalue weighted by atomic mass is 9.98. The van der Waals surface area contributed by atoms with Gasteiger partial charge in [0, 0.05) is 19.0 Å². The molecular formula is C10H17NO. The van der Waals surface area contributed by atoms with E-state index < -0.39 is 0 Å². The van der Waals surface area contributed by atoms with E-state index in [4.69, 9.17) is 0 Å². The maximum atomic E-state index is 11.7. The van der Waals surface area contributed by atoms with Gasteiger partial charge < -0.3 is 4.90 Å². The standard InChI is InChI=1S/C10H17NO/c1-8-6-11(7-8)10(12)9-4-2-3-5-9/h8-9H,2-7H2,1H3. The zero-order chi connectivity index (χ0) is 8.55. The van der Waals surface area contributed by atoms with Gasteiger partial charge in [0.25, 0.3) is 0 Å². The normalized spacial score (nSPS) is 25.9. The molecule has 1 aliphatic heterocycles. The van der Waals surface area contributed by atoms with Gasteiger partial charge in [0.1, 0.15) is 0 Å². The van der Waals surface area contributed by atoms with Crippen LogP contribution in [-0.2, 0) is 4.79 Å². The van der Waals surface area contributed by atoms with Crippen molar-refractivity contribution >= 4 is 5.91 Å². The summed E-state index contributed by atoms with van der Waals surface area (Å²) >= 11 is 0. The highest BCUT2D eigenvalue weighted by atomic mass is 16.2. The molecule has 68 valence electrons. The van der Waals surface area contributed by atoms with E-state index in [9.17, 15) is 4.79 Å². The Balaban J connectivity index is 1.83. The smallest absolute Gasteiger partial charge is 0.225 e. The van der Waals surface area contributed by atoms with Gasteiger partial charge in [-0.25, -0.2) is 0 Å². The number of likely N-dealkylation sites (tertiary alicyclic amines) is 1. The average molecular weight is 167 g/mol. The van der Waals surface area contributed by atoms with Crippen LogP contribution in [0.3, 0.4) is 0 Å². The first-order chi connectivity index (χ1) is 5.77. The fourth-order valence-corrected chi connectivity index (χ4v) is 2.31. The van der Waals surface area contributed by atoms with Crippen molar-refractivity contribution in [1.29, 1.82) is 0 Å². The Labute approximate surface area is 73.9 Å². The number of carbonyl (C=O) groups is 1. The molecule has 1 saturated carbocycles. The first-order valence-electron chi connectivity index (χ1n) is 5.06. The molecule has 2 fully saturated rings. The van der Waals surface area contributed by atoms with Gasteiger partial charge in [0.15, 0.2) is 0 Å². The van der Waals surface area contributed by atoms with Gasteiger partial charge in [0.05, 0.1) is 0 Å². The largest absolute Gasteiger partial charge is 0.342 e. The highest BCUT2D eigenvalue weighted by Gasteiger charge is 2.33. The maximum absolute atomic E-state index is 11.7. The Bertz CT molecular complexity index is 178. The van der Waals surface area contributed by atoms with E-state index in [2.05, 4.69) is 6.92 Å². The Morgan fingerprint density at radius 1 is 1.25 bits per heavy atom. The molecule has 0 N–H and O–H groups in total. The molecule has 0 atom stereocenters. The van der Waals surface area contributed by atoms with E-state index in [1.165, 1.54) is 12.8 Å². The van der Waals surface area contributed by atoms with E-state index in [0.717, 1.165) is 31.8 Å². The summed E-state index contributed by atoms with van der Waals surface area (Å²) in [6, 6.07) is 0. The summed E-state index contributed by atoms with van der Waals surface area (Å²) in [5.41, 5.74) is 0. The molecule has 1 amide bonds. The third kappa shape index (κ3) is 1.35. The van der Waals surface area contributed by atoms with Crippen molar-refractivity contribution in [2.24, 2.45) is 11.8 Å². The Hall–Kier alpha value is -0.530. The maximum Gasteiger partial charge on any atom is 0.225 e. The summed E-state index contributed by atoms with van der Waals surface area (Å²) in [6.45, 7) is 4.23. The van der Waals surface area contributed by atoms with Gasteiger partial charge in [0.2, 0.25) is 5.91 Å². The minimum atomic E-state index is 0.387. The predicted molar refractivity (Wildman–Crippen MR) is 47.7 cm³/mol. The van der Waals surface area contributed by atoms with Gasteiger partial charge in [-0.3, -0.25) is 4.79 Å². The molecule has 1 aliphatic carbocycles. The average Bonchev–Trinajstić information content (AvgIpc) is 2.49. The topological polar surface area (TPSA) is 20.3 Å². The number of rotatable bonds is 1. The molecule has 0 spiro atoms. The number of carbonyl (C=O) groups excluding carboxylic acids is 1. The second-order valence-corrected chi connectivity index (χ2v) is 4.33. The first-order valence-corrected chi connectivity index (χ1v) is 5.06. The summed E-state index contributed by atoms with van der Waals surface area (Å²) in [5, 5.41) is 0. The lowest BCUT2D eigenvalue weighted by Crippen LogP contribution is -2.50. The first kappa shape index (κ1) is 8.09. The number of hydrogen-bond donors (Lipinski definition) is 0. The number of hydrogen-bond acceptors (Lipinski definition) is 1. The van der Waals surface area contributed by atoms with Crippen LogP contribution in [0.5, 0.6) is 0 Å². The fourth-order valence-electron chi connectivity index (χ4n) is 2.31. The molecule has 0 aromatic rings. The quantitative estimate of drug-likeness (QED) is 0.581. The van der Waals surface area contributed by atoms with E-state index in [1.54, 1.807) is 0 Å². The molecule has 2 rings (SSSR count). The van der Waals surface area contributed by atoms with Crippen molar-refractivity contribution in [2.75, 3.05) is 13.1 Å². The van der Waals surface area contributed by atoms with Crippen molar-refractivity contribution in [3.63, 3.8) is 0 Å². The van der Waals surface area contributed by atoms with Crippen molar-refractivity contribution < 1.29 is 4.79 Å². The van der Waals surface area contributed by atoms with Crippen LogP contribution >= 0.6 is 0 Å². The van der Waals surface area contributed by atoms with Crippen LogP contribution in [0.2, 0.25) is 0 Å². The SMILES string of the molecule is CC1CN(C(=O)C2CCCC2)C1.